The first-order valence-electron chi connectivity index (χ1n) is 8.86. The molecular weight excluding hydrogens is 481 g/mol. The topological polar surface area (TPSA) is 88.7 Å². The van der Waals surface area contributed by atoms with Gasteiger partial charge in [-0.2, -0.15) is 0 Å². The van der Waals surface area contributed by atoms with E-state index in [0.717, 1.165) is 5.69 Å². The lowest BCUT2D eigenvalue weighted by Crippen LogP contribution is -2.19. The number of hydrogen-bond acceptors (Lipinski definition) is 5. The summed E-state index contributed by atoms with van der Waals surface area (Å²) in [4.78, 5) is 0.0822. The molecule has 160 valence electrons. The van der Waals surface area contributed by atoms with Gasteiger partial charge in [-0.05, 0) is 66.8 Å². The summed E-state index contributed by atoms with van der Waals surface area (Å²) in [7, 11) is -3.80. The van der Waals surface area contributed by atoms with Crippen molar-refractivity contribution in [1.29, 1.82) is 0 Å². The molecule has 0 radical (unpaired) electrons. The summed E-state index contributed by atoms with van der Waals surface area (Å²) in [5.74, 6) is 1.31. The van der Waals surface area contributed by atoms with Crippen LogP contribution in [0.4, 0.5) is 17.1 Å². The van der Waals surface area contributed by atoms with Crippen LogP contribution < -0.4 is 24.8 Å². The van der Waals surface area contributed by atoms with Gasteiger partial charge in [-0.3, -0.25) is 4.72 Å². The molecule has 3 aromatic rings. The molecule has 7 nitrogen and oxygen atoms in total. The molecular formula is C20H15Cl2N3O4S2. The van der Waals surface area contributed by atoms with E-state index in [1.54, 1.807) is 24.3 Å². The predicted molar refractivity (Wildman–Crippen MR) is 126 cm³/mol. The Morgan fingerprint density at radius 3 is 2.19 bits per heavy atom. The average Bonchev–Trinajstić information content (AvgIpc) is 3.19. The zero-order valence-corrected chi connectivity index (χ0v) is 18.8. The Kier molecular flexibility index (Phi) is 6.10. The second kappa shape index (κ2) is 8.80. The summed E-state index contributed by atoms with van der Waals surface area (Å²) in [5.41, 5.74) is 1.66. The number of benzene rings is 3. The van der Waals surface area contributed by atoms with E-state index in [9.17, 15) is 8.42 Å². The van der Waals surface area contributed by atoms with Gasteiger partial charge in [-0.15, -0.1) is 0 Å². The fraction of sp³-hybridized carbons (Fsp3) is 0.0500. The minimum absolute atomic E-state index is 0.0822. The first-order valence-corrected chi connectivity index (χ1v) is 11.5. The van der Waals surface area contributed by atoms with E-state index in [1.807, 2.05) is 6.07 Å². The summed E-state index contributed by atoms with van der Waals surface area (Å²) >= 11 is 17.1. The lowest BCUT2D eigenvalue weighted by molar-refractivity contribution is 0.174. The third-order valence-corrected chi connectivity index (χ3v) is 6.57. The normalized spacial score (nSPS) is 12.3. The predicted octanol–water partition coefficient (Wildman–Crippen LogP) is 5.33. The molecule has 1 heterocycles. The standard InChI is InChI=1S/C20H15Cl2N3O4S2/c21-16-7-3-14(9-17(16)22)25-31(26,27)15-5-1-12(2-6-15)23-20(30)24-13-4-8-18-19(10-13)29-11-28-18/h1-10,25H,11H2,(H2,23,24,30). The van der Waals surface area contributed by atoms with Gasteiger partial charge < -0.3 is 20.1 Å². The molecule has 0 unspecified atom stereocenters. The van der Waals surface area contributed by atoms with Crippen LogP contribution in [0.3, 0.4) is 0 Å². The highest BCUT2D eigenvalue weighted by atomic mass is 35.5. The van der Waals surface area contributed by atoms with Gasteiger partial charge in [0.2, 0.25) is 6.79 Å². The molecule has 0 fully saturated rings. The lowest BCUT2D eigenvalue weighted by atomic mass is 10.3. The minimum Gasteiger partial charge on any atom is -0.454 e. The highest BCUT2D eigenvalue weighted by Gasteiger charge is 2.16. The van der Waals surface area contributed by atoms with Gasteiger partial charge in [0, 0.05) is 17.4 Å². The summed E-state index contributed by atoms with van der Waals surface area (Å²) in [5, 5.41) is 6.97. The van der Waals surface area contributed by atoms with Crippen molar-refractivity contribution < 1.29 is 17.9 Å². The Morgan fingerprint density at radius 2 is 1.45 bits per heavy atom. The second-order valence-corrected chi connectivity index (χ2v) is 9.31. The zero-order valence-electron chi connectivity index (χ0n) is 15.7. The Hall–Kier alpha value is -2.72. The van der Waals surface area contributed by atoms with Crippen LogP contribution >= 0.6 is 35.4 Å². The smallest absolute Gasteiger partial charge is 0.261 e. The molecule has 3 aromatic carbocycles. The van der Waals surface area contributed by atoms with Gasteiger partial charge in [-0.1, -0.05) is 23.2 Å². The van der Waals surface area contributed by atoms with Crippen molar-refractivity contribution in [2.45, 2.75) is 4.90 Å². The van der Waals surface area contributed by atoms with Gasteiger partial charge in [0.1, 0.15) is 0 Å². The van der Waals surface area contributed by atoms with E-state index >= 15 is 0 Å². The highest BCUT2D eigenvalue weighted by molar-refractivity contribution is 7.92. The number of halogens is 2. The highest BCUT2D eigenvalue weighted by Crippen LogP contribution is 2.34. The molecule has 0 saturated carbocycles. The van der Waals surface area contributed by atoms with Crippen molar-refractivity contribution in [2.24, 2.45) is 0 Å². The van der Waals surface area contributed by atoms with Crippen molar-refractivity contribution in [3.63, 3.8) is 0 Å². The van der Waals surface area contributed by atoms with E-state index in [2.05, 4.69) is 15.4 Å². The second-order valence-electron chi connectivity index (χ2n) is 6.41. The first-order chi connectivity index (χ1) is 14.8. The molecule has 3 N–H and O–H groups in total. The van der Waals surface area contributed by atoms with Crippen LogP contribution in [-0.4, -0.2) is 20.3 Å². The third-order valence-electron chi connectivity index (χ3n) is 4.22. The Morgan fingerprint density at radius 1 is 0.806 bits per heavy atom. The first kappa shape index (κ1) is 21.5. The number of fused-ring (bicyclic) bond motifs is 1. The average molecular weight is 496 g/mol. The van der Waals surface area contributed by atoms with Crippen molar-refractivity contribution in [1.82, 2.24) is 0 Å². The molecule has 0 bridgehead atoms. The lowest BCUT2D eigenvalue weighted by Gasteiger charge is -2.12. The maximum Gasteiger partial charge on any atom is 0.261 e. The van der Waals surface area contributed by atoms with Crippen molar-refractivity contribution >= 4 is 67.6 Å². The number of anilines is 3. The fourth-order valence-corrected chi connectivity index (χ4v) is 4.34. The van der Waals surface area contributed by atoms with Crippen LogP contribution in [-0.2, 0) is 10.0 Å². The molecule has 0 aliphatic carbocycles. The largest absolute Gasteiger partial charge is 0.454 e. The molecule has 0 atom stereocenters. The van der Waals surface area contributed by atoms with Crippen LogP contribution in [0.5, 0.6) is 11.5 Å². The number of thiocarbonyl (C=S) groups is 1. The SMILES string of the molecule is O=S(=O)(Nc1ccc(Cl)c(Cl)c1)c1ccc(NC(=S)Nc2ccc3c(c2)OCO3)cc1. The Labute approximate surface area is 194 Å². The molecule has 1 aliphatic heterocycles. The van der Waals surface area contributed by atoms with Gasteiger partial charge in [0.25, 0.3) is 10.0 Å². The van der Waals surface area contributed by atoms with Gasteiger partial charge in [-0.25, -0.2) is 8.42 Å². The van der Waals surface area contributed by atoms with Crippen LogP contribution in [0, 0.1) is 0 Å². The number of hydrogen-bond donors (Lipinski definition) is 3. The van der Waals surface area contributed by atoms with E-state index in [0.29, 0.717) is 33.0 Å². The van der Waals surface area contributed by atoms with Crippen LogP contribution in [0.25, 0.3) is 0 Å². The van der Waals surface area contributed by atoms with Crippen LogP contribution in [0.2, 0.25) is 10.0 Å². The quantitative estimate of drug-likeness (QED) is 0.412. The number of ether oxygens (including phenoxy) is 2. The maximum absolute atomic E-state index is 12.6. The van der Waals surface area contributed by atoms with Crippen molar-refractivity contribution in [2.75, 3.05) is 22.1 Å². The third kappa shape index (κ3) is 5.13. The van der Waals surface area contributed by atoms with E-state index < -0.39 is 10.0 Å². The molecule has 0 aromatic heterocycles. The van der Waals surface area contributed by atoms with Crippen molar-refractivity contribution in [3.05, 3.63) is 70.7 Å². The van der Waals surface area contributed by atoms with Crippen LogP contribution in [0.15, 0.2) is 65.6 Å². The number of sulfonamides is 1. The van der Waals surface area contributed by atoms with E-state index in [-0.39, 0.29) is 16.7 Å². The molecule has 1 aliphatic rings. The zero-order chi connectivity index (χ0) is 22.0. The molecule has 11 heteroatoms. The summed E-state index contributed by atoms with van der Waals surface area (Å²) in [6.07, 6.45) is 0. The Bertz CT molecular complexity index is 1250. The number of nitrogens with one attached hydrogen (secondary N) is 3. The molecule has 0 spiro atoms. The maximum atomic E-state index is 12.6. The van der Waals surface area contributed by atoms with Crippen LogP contribution in [0.1, 0.15) is 0 Å². The summed E-state index contributed by atoms with van der Waals surface area (Å²) in [6, 6.07) is 16.0. The summed E-state index contributed by atoms with van der Waals surface area (Å²) in [6.45, 7) is 0.191. The molecule has 31 heavy (non-hydrogen) atoms. The van der Waals surface area contributed by atoms with E-state index in [1.165, 1.54) is 30.3 Å². The molecule has 4 rings (SSSR count). The Balaban J connectivity index is 1.40. The van der Waals surface area contributed by atoms with Gasteiger partial charge in [0.05, 0.1) is 20.6 Å². The van der Waals surface area contributed by atoms with Gasteiger partial charge in [0.15, 0.2) is 16.6 Å². The van der Waals surface area contributed by atoms with E-state index in [4.69, 9.17) is 44.9 Å². The monoisotopic (exact) mass is 495 g/mol. The molecule has 0 amide bonds. The van der Waals surface area contributed by atoms with Gasteiger partial charge >= 0.3 is 0 Å². The summed E-state index contributed by atoms with van der Waals surface area (Å²) < 4.78 is 38.3. The number of rotatable bonds is 5. The molecule has 0 saturated heterocycles. The van der Waals surface area contributed by atoms with Crippen molar-refractivity contribution in [3.8, 4) is 11.5 Å². The fourth-order valence-electron chi connectivity index (χ4n) is 2.76. The minimum atomic E-state index is -3.80.